The lowest BCUT2D eigenvalue weighted by Crippen LogP contribution is -2.36. The van der Waals surface area contributed by atoms with Gasteiger partial charge in [0, 0.05) is 18.0 Å². The molecule has 2 rings (SSSR count). The first-order valence-corrected chi connectivity index (χ1v) is 6.65. The smallest absolute Gasteiger partial charge is 0.306 e. The van der Waals surface area contributed by atoms with E-state index in [9.17, 15) is 4.79 Å². The molecule has 2 aliphatic heterocycles. The van der Waals surface area contributed by atoms with Gasteiger partial charge in [0.15, 0.2) is 0 Å². The predicted octanol–water partition coefficient (Wildman–Crippen LogP) is 2.15. The highest BCUT2D eigenvalue weighted by atomic mass is 32.2. The van der Waals surface area contributed by atoms with Crippen molar-refractivity contribution in [1.82, 2.24) is 0 Å². The molecular formula is C11H18O3S. The van der Waals surface area contributed by atoms with Gasteiger partial charge in [-0.3, -0.25) is 4.79 Å². The number of thioether (sulfide) groups is 1. The zero-order chi connectivity index (χ0) is 10.7. The highest BCUT2D eigenvalue weighted by molar-refractivity contribution is 8.00. The van der Waals surface area contributed by atoms with E-state index in [1.54, 1.807) is 0 Å². The Balaban J connectivity index is 2.02. The first-order chi connectivity index (χ1) is 7.22. The van der Waals surface area contributed by atoms with Gasteiger partial charge in [0.1, 0.15) is 0 Å². The van der Waals surface area contributed by atoms with E-state index in [1.807, 2.05) is 11.8 Å². The molecule has 2 unspecified atom stereocenters. The van der Waals surface area contributed by atoms with Crippen molar-refractivity contribution in [2.24, 2.45) is 5.92 Å². The van der Waals surface area contributed by atoms with Gasteiger partial charge >= 0.3 is 5.97 Å². The third-order valence-corrected chi connectivity index (χ3v) is 5.09. The summed E-state index contributed by atoms with van der Waals surface area (Å²) in [6.45, 7) is 1.65. The van der Waals surface area contributed by atoms with Crippen molar-refractivity contribution < 1.29 is 14.6 Å². The Bertz CT molecular complexity index is 234. The number of carboxylic acid groups (broad SMARTS) is 1. The second kappa shape index (κ2) is 4.74. The van der Waals surface area contributed by atoms with Crippen LogP contribution in [-0.2, 0) is 9.53 Å². The van der Waals surface area contributed by atoms with Crippen molar-refractivity contribution in [3.63, 3.8) is 0 Å². The average Bonchev–Trinajstić information content (AvgIpc) is 2.44. The van der Waals surface area contributed by atoms with Gasteiger partial charge in [-0.05, 0) is 37.9 Å². The van der Waals surface area contributed by atoms with Gasteiger partial charge in [-0.2, -0.15) is 11.8 Å². The van der Waals surface area contributed by atoms with E-state index >= 15 is 0 Å². The molecule has 0 radical (unpaired) electrons. The summed E-state index contributed by atoms with van der Waals surface area (Å²) in [6, 6.07) is 0. The van der Waals surface area contributed by atoms with Crippen molar-refractivity contribution in [2.45, 2.75) is 36.9 Å². The van der Waals surface area contributed by atoms with Crippen LogP contribution in [0.15, 0.2) is 0 Å². The fourth-order valence-corrected chi connectivity index (χ4v) is 4.24. The highest BCUT2D eigenvalue weighted by Crippen LogP contribution is 2.45. The first kappa shape index (κ1) is 11.3. The SMILES string of the molecule is O=C(O)C1CCSC2(CCCOCC2)C1. The van der Waals surface area contributed by atoms with Gasteiger partial charge in [-0.15, -0.1) is 0 Å². The van der Waals surface area contributed by atoms with Crippen LogP contribution in [-0.4, -0.2) is 34.8 Å². The molecule has 3 nitrogen and oxygen atoms in total. The normalized spacial score (nSPS) is 37.5. The van der Waals surface area contributed by atoms with Crippen molar-refractivity contribution in [1.29, 1.82) is 0 Å². The Kier molecular flexibility index (Phi) is 3.57. The van der Waals surface area contributed by atoms with Crippen molar-refractivity contribution in [2.75, 3.05) is 19.0 Å². The second-order valence-corrected chi connectivity index (χ2v) is 6.09. The van der Waals surface area contributed by atoms with Crippen LogP contribution in [0.4, 0.5) is 0 Å². The molecule has 0 bridgehead atoms. The van der Waals surface area contributed by atoms with Gasteiger partial charge in [0.05, 0.1) is 5.92 Å². The van der Waals surface area contributed by atoms with Crippen molar-refractivity contribution in [3.05, 3.63) is 0 Å². The molecule has 1 spiro atoms. The number of hydrogen-bond acceptors (Lipinski definition) is 3. The van der Waals surface area contributed by atoms with Crippen LogP contribution in [0.25, 0.3) is 0 Å². The van der Waals surface area contributed by atoms with Crippen LogP contribution in [0.1, 0.15) is 32.1 Å². The van der Waals surface area contributed by atoms with Gasteiger partial charge < -0.3 is 9.84 Å². The van der Waals surface area contributed by atoms with E-state index in [0.717, 1.165) is 51.1 Å². The Morgan fingerprint density at radius 2 is 2.27 bits per heavy atom. The standard InChI is InChI=1S/C11H18O3S/c12-10(13)9-2-7-15-11(8-9)3-1-5-14-6-4-11/h9H,1-8H2,(H,12,13). The summed E-state index contributed by atoms with van der Waals surface area (Å²) in [7, 11) is 0. The number of carboxylic acids is 1. The van der Waals surface area contributed by atoms with Gasteiger partial charge in [-0.1, -0.05) is 0 Å². The molecule has 1 N–H and O–H groups in total. The molecule has 4 heteroatoms. The van der Waals surface area contributed by atoms with E-state index in [1.165, 1.54) is 0 Å². The van der Waals surface area contributed by atoms with Crippen LogP contribution in [0.2, 0.25) is 0 Å². The van der Waals surface area contributed by atoms with Gasteiger partial charge in [0.25, 0.3) is 0 Å². The number of ether oxygens (including phenoxy) is 1. The fourth-order valence-electron chi connectivity index (χ4n) is 2.57. The fraction of sp³-hybridized carbons (Fsp3) is 0.909. The summed E-state index contributed by atoms with van der Waals surface area (Å²) in [6.07, 6.45) is 4.92. The van der Waals surface area contributed by atoms with Crippen LogP contribution >= 0.6 is 11.8 Å². The van der Waals surface area contributed by atoms with Crippen LogP contribution < -0.4 is 0 Å². The summed E-state index contributed by atoms with van der Waals surface area (Å²) in [4.78, 5) is 11.0. The molecular weight excluding hydrogens is 212 g/mol. The summed E-state index contributed by atoms with van der Waals surface area (Å²) in [5.41, 5.74) is 0. The zero-order valence-electron chi connectivity index (χ0n) is 8.91. The molecule has 0 aromatic rings. The minimum atomic E-state index is -0.611. The number of rotatable bonds is 1. The van der Waals surface area contributed by atoms with E-state index in [2.05, 4.69) is 0 Å². The van der Waals surface area contributed by atoms with E-state index in [4.69, 9.17) is 9.84 Å². The largest absolute Gasteiger partial charge is 0.481 e. The Morgan fingerprint density at radius 3 is 3.07 bits per heavy atom. The average molecular weight is 230 g/mol. The molecule has 2 fully saturated rings. The molecule has 86 valence electrons. The second-order valence-electron chi connectivity index (χ2n) is 4.53. The monoisotopic (exact) mass is 230 g/mol. The minimum absolute atomic E-state index is 0.121. The van der Waals surface area contributed by atoms with E-state index < -0.39 is 5.97 Å². The summed E-state index contributed by atoms with van der Waals surface area (Å²) >= 11 is 1.98. The van der Waals surface area contributed by atoms with E-state index in [0.29, 0.717) is 0 Å². The molecule has 0 saturated carbocycles. The third kappa shape index (κ3) is 2.67. The van der Waals surface area contributed by atoms with Crippen molar-refractivity contribution in [3.8, 4) is 0 Å². The number of hydrogen-bond donors (Lipinski definition) is 1. The molecule has 0 amide bonds. The molecule has 2 aliphatic rings. The molecule has 2 saturated heterocycles. The minimum Gasteiger partial charge on any atom is -0.481 e. The number of aliphatic carboxylic acids is 1. The summed E-state index contributed by atoms with van der Waals surface area (Å²) in [5.74, 6) is 0.265. The maximum absolute atomic E-state index is 11.0. The van der Waals surface area contributed by atoms with E-state index in [-0.39, 0.29) is 10.7 Å². The summed E-state index contributed by atoms with van der Waals surface area (Å²) < 4.78 is 5.66. The molecule has 2 heterocycles. The lowest BCUT2D eigenvalue weighted by Gasteiger charge is -2.38. The van der Waals surface area contributed by atoms with Crippen molar-refractivity contribution >= 4 is 17.7 Å². The molecule has 0 aromatic carbocycles. The number of carbonyl (C=O) groups is 1. The van der Waals surface area contributed by atoms with Gasteiger partial charge in [-0.25, -0.2) is 0 Å². The van der Waals surface area contributed by atoms with Gasteiger partial charge in [0.2, 0.25) is 0 Å². The summed E-state index contributed by atoms with van der Waals surface area (Å²) in [5, 5.41) is 9.08. The predicted molar refractivity (Wildman–Crippen MR) is 60.2 cm³/mol. The molecule has 0 aromatic heterocycles. The molecule has 0 aliphatic carbocycles. The highest BCUT2D eigenvalue weighted by Gasteiger charge is 2.39. The third-order valence-electron chi connectivity index (χ3n) is 3.47. The lowest BCUT2D eigenvalue weighted by atomic mass is 9.86. The lowest BCUT2D eigenvalue weighted by molar-refractivity contribution is -0.142. The maximum Gasteiger partial charge on any atom is 0.306 e. The van der Waals surface area contributed by atoms with Crippen LogP contribution in [0.5, 0.6) is 0 Å². The molecule has 15 heavy (non-hydrogen) atoms. The van der Waals surface area contributed by atoms with Crippen LogP contribution in [0.3, 0.4) is 0 Å². The first-order valence-electron chi connectivity index (χ1n) is 5.66. The topological polar surface area (TPSA) is 46.5 Å². The van der Waals surface area contributed by atoms with Crippen LogP contribution in [0, 0.1) is 5.92 Å². The maximum atomic E-state index is 11.0. The zero-order valence-corrected chi connectivity index (χ0v) is 9.72. The quantitative estimate of drug-likeness (QED) is 0.750. The Labute approximate surface area is 94.6 Å². The molecule has 2 atom stereocenters. The Hall–Kier alpha value is -0.220. The Morgan fingerprint density at radius 1 is 1.40 bits per heavy atom.